The minimum Gasteiger partial charge on any atom is -0.288 e. The lowest BCUT2D eigenvalue weighted by atomic mass is 10.1. The molecule has 0 fully saturated rings. The summed E-state index contributed by atoms with van der Waals surface area (Å²) in [6.45, 7) is 1.72. The number of hydrogen-bond donors (Lipinski definition) is 0. The van der Waals surface area contributed by atoms with Crippen LogP contribution in [0.3, 0.4) is 0 Å². The van der Waals surface area contributed by atoms with E-state index in [9.17, 15) is 9.18 Å². The second-order valence-corrected chi connectivity index (χ2v) is 4.20. The van der Waals surface area contributed by atoms with Crippen molar-refractivity contribution in [1.82, 2.24) is 4.57 Å². The summed E-state index contributed by atoms with van der Waals surface area (Å²) in [6, 6.07) is 14.3. The highest BCUT2D eigenvalue weighted by Crippen LogP contribution is 2.19. The molecule has 1 aromatic heterocycles. The number of nitrogens with zero attached hydrogens (tertiary/aromatic N) is 1. The van der Waals surface area contributed by atoms with Gasteiger partial charge in [-0.3, -0.25) is 9.36 Å². The SMILES string of the molecule is CC#Cn1c2ccccc2c(=O)c2cc(F)ccc21. The number of rotatable bonds is 0. The van der Waals surface area contributed by atoms with Gasteiger partial charge in [0.1, 0.15) is 5.82 Å². The Morgan fingerprint density at radius 3 is 2.58 bits per heavy atom. The van der Waals surface area contributed by atoms with Crippen LogP contribution in [0.15, 0.2) is 47.3 Å². The molecule has 0 saturated carbocycles. The van der Waals surface area contributed by atoms with Gasteiger partial charge in [-0.2, -0.15) is 0 Å². The summed E-state index contributed by atoms with van der Waals surface area (Å²) in [5.74, 6) is 2.40. The molecule has 0 radical (unpaired) electrons. The number of pyridine rings is 1. The average Bonchev–Trinajstić information content (AvgIpc) is 2.44. The van der Waals surface area contributed by atoms with E-state index in [1.807, 2.05) is 12.1 Å². The quantitative estimate of drug-likeness (QED) is 0.444. The number of fused-ring (bicyclic) bond motifs is 2. The smallest absolute Gasteiger partial charge is 0.197 e. The van der Waals surface area contributed by atoms with Gasteiger partial charge in [0.2, 0.25) is 0 Å². The van der Waals surface area contributed by atoms with Crippen LogP contribution in [0.1, 0.15) is 6.92 Å². The number of halogens is 1. The molecular weight excluding hydrogens is 241 g/mol. The molecule has 0 N–H and O–H groups in total. The Kier molecular flexibility index (Phi) is 2.57. The minimum absolute atomic E-state index is 0.167. The van der Waals surface area contributed by atoms with E-state index < -0.39 is 5.82 Å². The van der Waals surface area contributed by atoms with Crippen LogP contribution in [0.25, 0.3) is 21.8 Å². The van der Waals surface area contributed by atoms with Crippen LogP contribution in [-0.2, 0) is 0 Å². The molecule has 2 nitrogen and oxygen atoms in total. The van der Waals surface area contributed by atoms with Gasteiger partial charge in [0.05, 0.1) is 16.4 Å². The predicted molar refractivity (Wildman–Crippen MR) is 74.5 cm³/mol. The average molecular weight is 251 g/mol. The van der Waals surface area contributed by atoms with Gasteiger partial charge in [-0.25, -0.2) is 4.39 Å². The Labute approximate surface area is 109 Å². The van der Waals surface area contributed by atoms with E-state index >= 15 is 0 Å². The summed E-state index contributed by atoms with van der Waals surface area (Å²) >= 11 is 0. The lowest BCUT2D eigenvalue weighted by Crippen LogP contribution is -2.09. The summed E-state index contributed by atoms with van der Waals surface area (Å²) in [4.78, 5) is 12.4. The zero-order chi connectivity index (χ0) is 13.4. The maximum atomic E-state index is 13.4. The Hall–Kier alpha value is -2.60. The number of hydrogen-bond acceptors (Lipinski definition) is 1. The first-order chi connectivity index (χ1) is 9.22. The fraction of sp³-hybridized carbons (Fsp3) is 0.0625. The van der Waals surface area contributed by atoms with Gasteiger partial charge < -0.3 is 0 Å². The van der Waals surface area contributed by atoms with Crippen LogP contribution in [0.2, 0.25) is 0 Å². The number of aromatic nitrogens is 1. The lowest BCUT2D eigenvalue weighted by molar-refractivity contribution is 0.629. The highest BCUT2D eigenvalue weighted by molar-refractivity contribution is 5.94. The van der Waals surface area contributed by atoms with E-state index in [-0.39, 0.29) is 5.43 Å². The molecule has 19 heavy (non-hydrogen) atoms. The van der Waals surface area contributed by atoms with Crippen molar-refractivity contribution in [2.75, 3.05) is 0 Å². The van der Waals surface area contributed by atoms with Gasteiger partial charge in [0.15, 0.2) is 5.43 Å². The molecule has 0 spiro atoms. The van der Waals surface area contributed by atoms with Crippen LogP contribution >= 0.6 is 0 Å². The molecule has 3 rings (SSSR count). The molecular formula is C16H10FNO. The van der Waals surface area contributed by atoms with Crippen molar-refractivity contribution in [2.24, 2.45) is 0 Å². The third-order valence-electron chi connectivity index (χ3n) is 3.06. The molecule has 0 unspecified atom stereocenters. The van der Waals surface area contributed by atoms with Crippen molar-refractivity contribution in [3.63, 3.8) is 0 Å². The van der Waals surface area contributed by atoms with Crippen molar-refractivity contribution in [3.05, 3.63) is 58.5 Å². The molecule has 0 amide bonds. The van der Waals surface area contributed by atoms with Gasteiger partial charge in [-0.15, -0.1) is 0 Å². The monoisotopic (exact) mass is 251 g/mol. The zero-order valence-corrected chi connectivity index (χ0v) is 10.3. The summed E-state index contributed by atoms with van der Waals surface area (Å²) in [5.41, 5.74) is 1.19. The number of benzene rings is 2. The molecule has 2 aromatic carbocycles. The molecule has 0 aliphatic heterocycles. The summed E-state index contributed by atoms with van der Waals surface area (Å²) < 4.78 is 15.1. The van der Waals surface area contributed by atoms with Crippen LogP contribution in [0.4, 0.5) is 4.39 Å². The summed E-state index contributed by atoms with van der Waals surface area (Å²) in [6.07, 6.45) is 0. The normalized spacial score (nSPS) is 10.4. The second-order valence-electron chi connectivity index (χ2n) is 4.20. The largest absolute Gasteiger partial charge is 0.288 e. The van der Waals surface area contributed by atoms with Gasteiger partial charge in [0, 0.05) is 11.4 Å². The first kappa shape index (κ1) is 11.5. The molecule has 0 atom stereocenters. The fourth-order valence-corrected chi connectivity index (χ4v) is 2.25. The maximum Gasteiger partial charge on any atom is 0.197 e. The van der Waals surface area contributed by atoms with Crippen molar-refractivity contribution in [1.29, 1.82) is 0 Å². The molecule has 0 aliphatic carbocycles. The molecule has 3 heteroatoms. The van der Waals surface area contributed by atoms with Crippen LogP contribution in [-0.4, -0.2) is 4.57 Å². The fourth-order valence-electron chi connectivity index (χ4n) is 2.25. The summed E-state index contributed by atoms with van der Waals surface area (Å²) in [5, 5.41) is 0.893. The molecule has 1 heterocycles. The van der Waals surface area contributed by atoms with E-state index in [1.165, 1.54) is 12.1 Å². The third-order valence-corrected chi connectivity index (χ3v) is 3.06. The predicted octanol–water partition coefficient (Wildman–Crippen LogP) is 3.12. The first-order valence-electron chi connectivity index (χ1n) is 5.88. The van der Waals surface area contributed by atoms with Gasteiger partial charge >= 0.3 is 0 Å². The van der Waals surface area contributed by atoms with Crippen molar-refractivity contribution >= 4 is 21.8 Å². The Morgan fingerprint density at radius 1 is 1.05 bits per heavy atom. The van der Waals surface area contributed by atoms with Crippen molar-refractivity contribution < 1.29 is 4.39 Å². The van der Waals surface area contributed by atoms with E-state index in [0.717, 1.165) is 5.52 Å². The topological polar surface area (TPSA) is 22.0 Å². The molecule has 0 aliphatic rings. The zero-order valence-electron chi connectivity index (χ0n) is 10.3. The van der Waals surface area contributed by atoms with Crippen LogP contribution in [0.5, 0.6) is 0 Å². The molecule has 3 aromatic rings. The van der Waals surface area contributed by atoms with Gasteiger partial charge in [-0.05, 0) is 37.3 Å². The summed E-state index contributed by atoms with van der Waals surface area (Å²) in [7, 11) is 0. The molecule has 92 valence electrons. The van der Waals surface area contributed by atoms with Gasteiger partial charge in [0.25, 0.3) is 0 Å². The number of para-hydroxylation sites is 1. The van der Waals surface area contributed by atoms with Crippen LogP contribution in [0, 0.1) is 17.8 Å². The Morgan fingerprint density at radius 2 is 1.79 bits per heavy atom. The first-order valence-corrected chi connectivity index (χ1v) is 5.88. The minimum atomic E-state index is -0.420. The third kappa shape index (κ3) is 1.69. The van der Waals surface area contributed by atoms with E-state index in [2.05, 4.69) is 12.0 Å². The van der Waals surface area contributed by atoms with Crippen molar-refractivity contribution in [3.8, 4) is 12.0 Å². The van der Waals surface area contributed by atoms with Crippen molar-refractivity contribution in [2.45, 2.75) is 6.92 Å². The Balaban J connectivity index is 2.68. The van der Waals surface area contributed by atoms with Gasteiger partial charge in [-0.1, -0.05) is 18.1 Å². The maximum absolute atomic E-state index is 13.4. The molecule has 0 bridgehead atoms. The van der Waals surface area contributed by atoms with E-state index in [0.29, 0.717) is 16.3 Å². The Bertz CT molecular complexity index is 913. The molecule has 0 saturated heterocycles. The lowest BCUT2D eigenvalue weighted by Gasteiger charge is -2.08. The highest BCUT2D eigenvalue weighted by Gasteiger charge is 2.09. The standard InChI is InChI=1S/C16H10FNO/c1-2-9-18-14-6-4-3-5-12(14)16(19)13-10-11(17)7-8-15(13)18/h3-8,10H,1H3. The highest BCUT2D eigenvalue weighted by atomic mass is 19.1. The van der Waals surface area contributed by atoms with Crippen LogP contribution < -0.4 is 5.43 Å². The van der Waals surface area contributed by atoms with E-state index in [1.54, 1.807) is 29.7 Å². The van der Waals surface area contributed by atoms with E-state index in [4.69, 9.17) is 0 Å². The second kappa shape index (κ2) is 4.25.